The summed E-state index contributed by atoms with van der Waals surface area (Å²) in [5, 5.41) is 20.6. The number of thioether (sulfide) groups is 4. The fourth-order valence-electron chi connectivity index (χ4n) is 15.7. The molecule has 5 aliphatic heterocycles. The zero-order chi connectivity index (χ0) is 85.7. The number of hydrogen-bond donors (Lipinski definition) is 1. The van der Waals surface area contributed by atoms with E-state index in [2.05, 4.69) is 381 Å². The average Bonchev–Trinajstić information content (AvgIpc) is 0.764. The summed E-state index contributed by atoms with van der Waals surface area (Å²) in [5.74, 6) is 25.0. The maximum Gasteiger partial charge on any atom is 0.166 e. The molecule has 1 N–H and O–H groups in total. The Hall–Kier alpha value is -5.30. The second-order valence-corrected chi connectivity index (χ2v) is 54.6. The molecule has 0 bridgehead atoms. The van der Waals surface area contributed by atoms with Crippen molar-refractivity contribution in [3.8, 4) is 11.5 Å². The molecular weight excluding hydrogens is 1670 g/mol. The molecule has 640 valence electrons. The van der Waals surface area contributed by atoms with Gasteiger partial charge >= 0.3 is 0 Å². The van der Waals surface area contributed by atoms with Crippen LogP contribution < -0.4 is 4.74 Å². The first kappa shape index (κ1) is 94.8. The Balaban J connectivity index is 0.000000134. The predicted octanol–water partition coefficient (Wildman–Crippen LogP) is 26.9. The van der Waals surface area contributed by atoms with Gasteiger partial charge in [0, 0.05) is 140 Å². The van der Waals surface area contributed by atoms with Crippen molar-refractivity contribution < 1.29 is 19.3 Å². The quantitative estimate of drug-likeness (QED) is 0.0959. The Bertz CT molecular complexity index is 5030. The Labute approximate surface area is 762 Å². The number of rotatable bonds is 12. The van der Waals surface area contributed by atoms with Gasteiger partial charge in [-0.25, -0.2) is 0 Å². The van der Waals surface area contributed by atoms with Crippen molar-refractivity contribution in [3.05, 3.63) is 277 Å². The summed E-state index contributed by atoms with van der Waals surface area (Å²) in [6.07, 6.45) is 0. The number of fused-ring (bicyclic) bond motifs is 4. The first-order valence-electron chi connectivity index (χ1n) is 43.4. The minimum atomic E-state index is -0.0847. The molecule has 14 heteroatoms. The monoisotopic (exact) mass is 1800 g/mol. The Morgan fingerprint density at radius 3 is 0.983 bits per heavy atom. The Morgan fingerprint density at radius 1 is 0.298 bits per heavy atom. The summed E-state index contributed by atoms with van der Waals surface area (Å²) in [5.41, 5.74) is 8.19. The van der Waals surface area contributed by atoms with Crippen molar-refractivity contribution >= 4 is 156 Å². The van der Waals surface area contributed by atoms with Gasteiger partial charge in [-0.05, 0) is 175 Å². The van der Waals surface area contributed by atoms with Crippen LogP contribution >= 0.6 is 47.0 Å². The van der Waals surface area contributed by atoms with Crippen LogP contribution in [0.3, 0.4) is 0 Å². The zero-order valence-corrected chi connectivity index (χ0v) is 83.1. The molecule has 0 aromatic heterocycles. The maximum atomic E-state index is 9.89. The third-order valence-electron chi connectivity index (χ3n) is 22.6. The number of ether oxygens (including phenoxy) is 3. The molecular formula is C107H134O4S10+6. The van der Waals surface area contributed by atoms with Crippen molar-refractivity contribution in [2.24, 2.45) is 0 Å². The molecule has 5 heterocycles. The molecule has 5 fully saturated rings. The summed E-state index contributed by atoms with van der Waals surface area (Å²) >= 11 is 8.36. The molecule has 0 radical (unpaired) electrons. The minimum Gasteiger partial charge on any atom is -0.507 e. The van der Waals surface area contributed by atoms with Crippen LogP contribution in [0.25, 0.3) is 43.1 Å². The lowest BCUT2D eigenvalue weighted by molar-refractivity contribution is 0.147. The Kier molecular flexibility index (Phi) is 35.2. The SMILES string of the molecule is CC(C)(C)c1ccc([S+](c2ccccc2)c2ccc(C(C)(C)C)cc2)cc1.CC(C)(C)c1ccc([S+]2CCOCC2)c2ccccc12.CC(C)(C)c1ccc([S+]2CCSCC2)c2ccccc12.CC(C)(C)c1ccc([S+]2CCSCC2)cc1.COCCOc1ccc([S+]2CCSCC2)c2ccccc12.Oc1ccc([S+]2CCSCC2)c2ccccc12. The third-order valence-corrected chi connectivity index (χ3v) is 42.5. The molecule has 12 aromatic carbocycles. The molecule has 0 spiro atoms. The average molecular weight is 1800 g/mol. The molecule has 0 atom stereocenters. The fourth-order valence-corrected chi connectivity index (χ4v) is 36.2. The van der Waals surface area contributed by atoms with E-state index in [0.29, 0.717) is 73.4 Å². The van der Waals surface area contributed by atoms with Crippen LogP contribution in [0.4, 0.5) is 0 Å². The van der Waals surface area contributed by atoms with Gasteiger partial charge in [-0.2, -0.15) is 47.0 Å². The van der Waals surface area contributed by atoms with Crippen LogP contribution in [-0.4, -0.2) is 142 Å². The van der Waals surface area contributed by atoms with Gasteiger partial charge in [-0.1, -0.05) is 243 Å². The van der Waals surface area contributed by atoms with Crippen LogP contribution in [0.1, 0.15) is 132 Å². The van der Waals surface area contributed by atoms with E-state index in [9.17, 15) is 5.11 Å². The first-order valence-corrected chi connectivity index (χ1v) is 57.1. The predicted molar refractivity (Wildman–Crippen MR) is 553 cm³/mol. The van der Waals surface area contributed by atoms with Gasteiger partial charge in [-0.3, -0.25) is 0 Å². The van der Waals surface area contributed by atoms with Gasteiger partial charge in [0.15, 0.2) is 39.2 Å². The van der Waals surface area contributed by atoms with Crippen LogP contribution in [0.5, 0.6) is 11.5 Å². The summed E-state index contributed by atoms with van der Waals surface area (Å²) in [6.45, 7) is 37.3. The number of phenolic OH excluding ortho intramolecular Hbond substituents is 1. The molecule has 0 saturated carbocycles. The van der Waals surface area contributed by atoms with Gasteiger partial charge in [0.25, 0.3) is 0 Å². The normalized spacial score (nSPS) is 16.3. The first-order chi connectivity index (χ1) is 58.1. The van der Waals surface area contributed by atoms with E-state index in [4.69, 9.17) is 14.2 Å². The number of phenols is 1. The lowest BCUT2D eigenvalue weighted by atomic mass is 9.84. The zero-order valence-electron chi connectivity index (χ0n) is 75.0. The largest absolute Gasteiger partial charge is 0.507 e. The highest BCUT2D eigenvalue weighted by Gasteiger charge is 2.35. The van der Waals surface area contributed by atoms with E-state index in [0.717, 1.165) is 24.3 Å². The summed E-state index contributed by atoms with van der Waals surface area (Å²) in [6, 6.07) is 91.3. The van der Waals surface area contributed by atoms with Crippen molar-refractivity contribution in [2.45, 2.75) is 170 Å². The van der Waals surface area contributed by atoms with Crippen molar-refractivity contribution in [1.29, 1.82) is 0 Å². The molecule has 17 rings (SSSR count). The molecule has 0 aliphatic carbocycles. The smallest absolute Gasteiger partial charge is 0.166 e. The number of benzene rings is 12. The van der Waals surface area contributed by atoms with E-state index in [1.165, 1.54) is 198 Å². The molecule has 121 heavy (non-hydrogen) atoms. The van der Waals surface area contributed by atoms with Crippen molar-refractivity contribution in [2.75, 3.05) is 137 Å². The number of methoxy groups -OCH3 is 1. The lowest BCUT2D eigenvalue weighted by Gasteiger charge is -2.23. The van der Waals surface area contributed by atoms with E-state index in [-0.39, 0.29) is 38.0 Å². The third kappa shape index (κ3) is 26.2. The lowest BCUT2D eigenvalue weighted by Crippen LogP contribution is -2.26. The van der Waals surface area contributed by atoms with E-state index >= 15 is 0 Å². The van der Waals surface area contributed by atoms with Crippen LogP contribution in [0.2, 0.25) is 0 Å². The maximum absolute atomic E-state index is 9.89. The van der Waals surface area contributed by atoms with Crippen molar-refractivity contribution in [3.63, 3.8) is 0 Å². The van der Waals surface area contributed by atoms with Gasteiger partial charge in [0.2, 0.25) is 0 Å². The highest BCUT2D eigenvalue weighted by Crippen LogP contribution is 2.42. The van der Waals surface area contributed by atoms with Gasteiger partial charge in [0.1, 0.15) is 75.6 Å². The molecule has 12 aromatic rings. The second kappa shape index (κ2) is 44.9. The van der Waals surface area contributed by atoms with E-state index < -0.39 is 0 Å². The number of aromatic hydroxyl groups is 1. The van der Waals surface area contributed by atoms with E-state index in [1.54, 1.807) is 16.9 Å². The Morgan fingerprint density at radius 2 is 0.603 bits per heavy atom. The summed E-state index contributed by atoms with van der Waals surface area (Å²) in [4.78, 5) is 11.8. The van der Waals surface area contributed by atoms with Gasteiger partial charge in [-0.15, -0.1) is 0 Å². The number of hydrogen-bond acceptors (Lipinski definition) is 8. The summed E-state index contributed by atoms with van der Waals surface area (Å²) < 4.78 is 16.5. The highest BCUT2D eigenvalue weighted by atomic mass is 32.2. The van der Waals surface area contributed by atoms with Crippen LogP contribution in [-0.2, 0) is 102 Å². The molecule has 0 amide bonds. The van der Waals surface area contributed by atoms with E-state index in [1.807, 2.05) is 18.2 Å². The topological polar surface area (TPSA) is 47.9 Å². The second-order valence-electron chi connectivity index (χ2n) is 36.4. The molecule has 5 aliphatic rings. The van der Waals surface area contributed by atoms with Gasteiger partial charge < -0.3 is 19.3 Å². The standard InChI is InChI=1S/C26H31S.C18H23OS.C18H23S2.C17H21O2S2.C14H14OS2.C14H21S2/c1-25(2,3)20-12-16-23(17-13-20)27(22-10-8-7-9-11-22)24-18-14-21(15-19-24)26(4,5)6;2*1-18(2,3)16-8-9-17(20-12-10-19-11-13-20)15-7-5-4-6-14(15)16;1-18-8-9-19-16-6-7-17(21-12-10-20-11-13-21)15-5-3-2-4-14(15)16;15-13-5-6-14(17-9-7-16-8-10-17)12-4-2-1-3-11(12)13;1-14(2,3)12-4-6-13(7-5-12)16-10-8-15-9-11-16/h7-19H,1-6H3;2*4-9H,10-13H2,1-3H3;2-7H,8-13H2,1H3;1-6H,7-10H2;4-7H,8-11H2,1-3H3/q4*+1;;+1/p+1. The van der Waals surface area contributed by atoms with Crippen molar-refractivity contribution in [1.82, 2.24) is 0 Å². The molecule has 5 saturated heterocycles. The fraction of sp³-hybridized carbons (Fsp3) is 0.402. The van der Waals surface area contributed by atoms with Crippen LogP contribution in [0.15, 0.2) is 288 Å². The van der Waals surface area contributed by atoms with Crippen LogP contribution in [0, 0.1) is 0 Å². The minimum absolute atomic E-state index is 0.0847. The summed E-state index contributed by atoms with van der Waals surface area (Å²) in [7, 11) is 3.75. The highest BCUT2D eigenvalue weighted by molar-refractivity contribution is 8.06. The van der Waals surface area contributed by atoms with Gasteiger partial charge in [0.05, 0.1) is 30.7 Å². The molecule has 4 nitrogen and oxygen atoms in total. The molecule has 0 unspecified atom stereocenters.